The Morgan fingerprint density at radius 2 is 2.09 bits per heavy atom. The van der Waals surface area contributed by atoms with E-state index in [1.165, 1.54) is 19.2 Å². The largest absolute Gasteiger partial charge is 0.503 e. The van der Waals surface area contributed by atoms with Gasteiger partial charge >= 0.3 is 6.09 Å². The number of aldehydes is 1. The van der Waals surface area contributed by atoms with Crippen LogP contribution >= 0.6 is 0 Å². The van der Waals surface area contributed by atoms with E-state index in [0.717, 1.165) is 0 Å². The third-order valence-corrected chi connectivity index (χ3v) is 2.45. The van der Waals surface area contributed by atoms with Crippen LogP contribution in [0.25, 0.3) is 0 Å². The second kappa shape index (κ2) is 7.36. The van der Waals surface area contributed by atoms with Crippen molar-refractivity contribution in [3.8, 4) is 23.3 Å². The quantitative estimate of drug-likeness (QED) is 0.660. The minimum absolute atomic E-state index is 0.0177. The van der Waals surface area contributed by atoms with Crippen LogP contribution < -0.4 is 10.1 Å². The van der Waals surface area contributed by atoms with Crippen molar-refractivity contribution in [2.75, 3.05) is 13.7 Å². The topological polar surface area (TPSA) is 84.9 Å². The van der Waals surface area contributed by atoms with Crippen molar-refractivity contribution in [2.24, 2.45) is 0 Å². The zero-order chi connectivity index (χ0) is 16.8. The summed E-state index contributed by atoms with van der Waals surface area (Å²) in [6, 6.07) is 2.97. The summed E-state index contributed by atoms with van der Waals surface area (Å²) in [5.41, 5.74) is -0.198. The fourth-order valence-corrected chi connectivity index (χ4v) is 1.55. The number of methoxy groups -OCH3 is 1. The zero-order valence-corrected chi connectivity index (χ0v) is 13.0. The standard InChI is InChI=1S/C16H19NO5/c1-16(2,3)22-15(20)17-9-5-6-12-11(10-18)7-8-13(21-4)14(12)19/h7-8,10,19H,9H2,1-4H3,(H,17,20). The average Bonchev–Trinajstić information content (AvgIpc) is 2.42. The van der Waals surface area contributed by atoms with Gasteiger partial charge in [0, 0.05) is 5.56 Å². The molecule has 2 N–H and O–H groups in total. The molecule has 1 aromatic carbocycles. The number of rotatable bonds is 3. The molecule has 0 saturated heterocycles. The van der Waals surface area contributed by atoms with Gasteiger partial charge in [-0.3, -0.25) is 4.79 Å². The molecule has 0 aromatic heterocycles. The predicted octanol–water partition coefficient (Wildman–Crippen LogP) is 2.09. The lowest BCUT2D eigenvalue weighted by Crippen LogP contribution is -2.32. The summed E-state index contributed by atoms with van der Waals surface area (Å²) in [4.78, 5) is 22.4. The molecule has 6 nitrogen and oxygen atoms in total. The Balaban J connectivity index is 2.80. The molecule has 6 heteroatoms. The molecule has 0 saturated carbocycles. The van der Waals surface area contributed by atoms with E-state index in [4.69, 9.17) is 9.47 Å². The number of carbonyl (C=O) groups excluding carboxylic acids is 2. The SMILES string of the molecule is COc1ccc(C=O)c(C#CCNC(=O)OC(C)(C)C)c1O. The second-order valence-electron chi connectivity index (χ2n) is 5.36. The molecule has 0 aliphatic heterocycles. The fraction of sp³-hybridized carbons (Fsp3) is 0.375. The van der Waals surface area contributed by atoms with Crippen LogP contribution in [0, 0.1) is 11.8 Å². The van der Waals surface area contributed by atoms with Crippen LogP contribution in [0.1, 0.15) is 36.7 Å². The normalized spacial score (nSPS) is 10.2. The van der Waals surface area contributed by atoms with Crippen LogP contribution in [0.15, 0.2) is 12.1 Å². The highest BCUT2D eigenvalue weighted by Crippen LogP contribution is 2.30. The first-order valence-corrected chi connectivity index (χ1v) is 6.59. The summed E-state index contributed by atoms with van der Waals surface area (Å²) in [6.07, 6.45) is -0.00272. The van der Waals surface area contributed by atoms with Crippen molar-refractivity contribution < 1.29 is 24.2 Å². The first-order chi connectivity index (χ1) is 10.3. The summed E-state index contributed by atoms with van der Waals surface area (Å²) >= 11 is 0. The van der Waals surface area contributed by atoms with E-state index in [9.17, 15) is 14.7 Å². The predicted molar refractivity (Wildman–Crippen MR) is 81.2 cm³/mol. The van der Waals surface area contributed by atoms with E-state index in [0.29, 0.717) is 6.29 Å². The smallest absolute Gasteiger partial charge is 0.408 e. The van der Waals surface area contributed by atoms with Gasteiger partial charge in [-0.05, 0) is 32.9 Å². The van der Waals surface area contributed by atoms with E-state index < -0.39 is 11.7 Å². The van der Waals surface area contributed by atoms with E-state index in [1.54, 1.807) is 20.8 Å². The van der Waals surface area contributed by atoms with Crippen molar-refractivity contribution in [3.63, 3.8) is 0 Å². The third-order valence-electron chi connectivity index (χ3n) is 2.45. The number of nitrogens with one attached hydrogen (secondary N) is 1. The number of aromatic hydroxyl groups is 1. The molecule has 0 spiro atoms. The lowest BCUT2D eigenvalue weighted by Gasteiger charge is -2.19. The number of phenolic OH excluding ortho intramolecular Hbond substituents is 1. The Kier molecular flexibility index (Phi) is 5.81. The van der Waals surface area contributed by atoms with Crippen LogP contribution in [0.2, 0.25) is 0 Å². The van der Waals surface area contributed by atoms with Gasteiger partial charge in [0.15, 0.2) is 17.8 Å². The molecule has 0 aliphatic carbocycles. The number of carbonyl (C=O) groups is 2. The molecule has 1 amide bonds. The minimum Gasteiger partial charge on any atom is -0.503 e. The second-order valence-corrected chi connectivity index (χ2v) is 5.36. The van der Waals surface area contributed by atoms with Gasteiger partial charge in [-0.2, -0.15) is 0 Å². The maximum atomic E-state index is 11.4. The summed E-state index contributed by atoms with van der Waals surface area (Å²) in [6.45, 7) is 5.28. The molecule has 0 bridgehead atoms. The van der Waals surface area contributed by atoms with E-state index in [2.05, 4.69) is 17.2 Å². The molecular formula is C16H19NO5. The Bertz CT molecular complexity index is 620. The van der Waals surface area contributed by atoms with Crippen molar-refractivity contribution in [3.05, 3.63) is 23.3 Å². The van der Waals surface area contributed by atoms with E-state index in [-0.39, 0.29) is 29.2 Å². The van der Waals surface area contributed by atoms with Gasteiger partial charge < -0.3 is 19.9 Å². The molecule has 1 aromatic rings. The Hall–Kier alpha value is -2.68. The summed E-state index contributed by atoms with van der Waals surface area (Å²) < 4.78 is 10.0. The Morgan fingerprint density at radius 1 is 1.41 bits per heavy atom. The molecule has 0 aliphatic rings. The first-order valence-electron chi connectivity index (χ1n) is 6.59. The minimum atomic E-state index is -0.590. The number of amides is 1. The number of hydrogen-bond donors (Lipinski definition) is 2. The maximum absolute atomic E-state index is 11.4. The molecule has 0 radical (unpaired) electrons. The number of benzene rings is 1. The molecule has 0 unspecified atom stereocenters. The number of ether oxygens (including phenoxy) is 2. The van der Waals surface area contributed by atoms with E-state index >= 15 is 0 Å². The molecule has 0 heterocycles. The van der Waals surface area contributed by atoms with Crippen molar-refractivity contribution in [1.29, 1.82) is 0 Å². The number of hydrogen-bond acceptors (Lipinski definition) is 5. The van der Waals surface area contributed by atoms with Crippen LogP contribution in [0.5, 0.6) is 11.5 Å². The summed E-state index contributed by atoms with van der Waals surface area (Å²) in [5.74, 6) is 5.30. The van der Waals surface area contributed by atoms with Gasteiger partial charge in [0.2, 0.25) is 0 Å². The highest BCUT2D eigenvalue weighted by atomic mass is 16.6. The fourth-order valence-electron chi connectivity index (χ4n) is 1.55. The van der Waals surface area contributed by atoms with Crippen molar-refractivity contribution in [2.45, 2.75) is 26.4 Å². The molecule has 0 atom stereocenters. The zero-order valence-electron chi connectivity index (χ0n) is 13.0. The maximum Gasteiger partial charge on any atom is 0.408 e. The molecule has 0 fully saturated rings. The first kappa shape index (κ1) is 17.4. The summed E-state index contributed by atoms with van der Waals surface area (Å²) in [7, 11) is 1.40. The van der Waals surface area contributed by atoms with Crippen LogP contribution in [-0.4, -0.2) is 36.7 Å². The summed E-state index contributed by atoms with van der Waals surface area (Å²) in [5, 5.41) is 12.4. The third kappa shape index (κ3) is 5.02. The van der Waals surface area contributed by atoms with Gasteiger partial charge in [-0.15, -0.1) is 0 Å². The van der Waals surface area contributed by atoms with E-state index in [1.807, 2.05) is 0 Å². The van der Waals surface area contributed by atoms with Crippen LogP contribution in [-0.2, 0) is 4.74 Å². The lowest BCUT2D eigenvalue weighted by atomic mass is 10.1. The van der Waals surface area contributed by atoms with Crippen LogP contribution in [0.3, 0.4) is 0 Å². The molecular weight excluding hydrogens is 286 g/mol. The van der Waals surface area contributed by atoms with Gasteiger partial charge in [0.1, 0.15) is 5.60 Å². The monoisotopic (exact) mass is 305 g/mol. The average molecular weight is 305 g/mol. The highest BCUT2D eigenvalue weighted by Gasteiger charge is 2.15. The lowest BCUT2D eigenvalue weighted by molar-refractivity contribution is 0.0535. The molecule has 22 heavy (non-hydrogen) atoms. The Morgan fingerprint density at radius 3 is 2.64 bits per heavy atom. The molecule has 118 valence electrons. The molecule has 1 rings (SSSR count). The van der Waals surface area contributed by atoms with Crippen molar-refractivity contribution in [1.82, 2.24) is 5.32 Å². The number of alkyl carbamates (subject to hydrolysis) is 1. The Labute approximate surface area is 129 Å². The van der Waals surface area contributed by atoms with Gasteiger partial charge in [-0.1, -0.05) is 11.8 Å². The number of phenols is 1. The highest BCUT2D eigenvalue weighted by molar-refractivity contribution is 5.82. The van der Waals surface area contributed by atoms with Gasteiger partial charge in [0.05, 0.1) is 19.2 Å². The van der Waals surface area contributed by atoms with Crippen molar-refractivity contribution >= 4 is 12.4 Å². The van der Waals surface area contributed by atoms with Crippen LogP contribution in [0.4, 0.5) is 4.79 Å². The van der Waals surface area contributed by atoms with Gasteiger partial charge in [-0.25, -0.2) is 4.79 Å². The van der Waals surface area contributed by atoms with Gasteiger partial charge in [0.25, 0.3) is 0 Å².